The average Bonchev–Trinajstić information content (AvgIpc) is 2.65. The molecule has 3 nitrogen and oxygen atoms in total. The van der Waals surface area contributed by atoms with E-state index >= 15 is 0 Å². The lowest BCUT2D eigenvalue weighted by molar-refractivity contribution is -0.289. The molecule has 0 fully saturated rings. The van der Waals surface area contributed by atoms with Crippen molar-refractivity contribution in [1.29, 1.82) is 5.26 Å². The third kappa shape index (κ3) is 4.06. The molecule has 0 atom stereocenters. The molecule has 0 radical (unpaired) electrons. The van der Waals surface area contributed by atoms with Crippen molar-refractivity contribution in [2.75, 3.05) is 19.9 Å². The van der Waals surface area contributed by atoms with Crippen LogP contribution in [-0.4, -0.2) is 36.7 Å². The van der Waals surface area contributed by atoms with E-state index in [1.54, 1.807) is 0 Å². The average molecular weight is 426 g/mol. The van der Waals surface area contributed by atoms with Crippen molar-refractivity contribution >= 4 is 22.8 Å². The predicted molar refractivity (Wildman–Crippen MR) is 90.5 cm³/mol. The first-order chi connectivity index (χ1) is 13.0. The second-order valence-corrected chi connectivity index (χ2v) is 6.35. The number of hydrogen-bond donors (Lipinski definition) is 1. The van der Waals surface area contributed by atoms with Gasteiger partial charge in [0.1, 0.15) is 24.1 Å². The molecule has 1 N–H and O–H groups in total. The zero-order valence-electron chi connectivity index (χ0n) is 14.0. The van der Waals surface area contributed by atoms with E-state index in [2.05, 4.69) is 5.32 Å². The Bertz CT molecular complexity index is 826. The molecule has 1 aromatic rings. The van der Waals surface area contributed by atoms with E-state index < -0.39 is 36.6 Å². The van der Waals surface area contributed by atoms with Crippen molar-refractivity contribution in [2.45, 2.75) is 24.1 Å². The second-order valence-electron chi connectivity index (χ2n) is 5.94. The third-order valence-electron chi connectivity index (χ3n) is 3.93. The fraction of sp³-hybridized carbons (Fsp3) is 0.412. The van der Waals surface area contributed by atoms with Gasteiger partial charge in [-0.25, -0.2) is 8.78 Å². The fourth-order valence-corrected chi connectivity index (χ4v) is 2.73. The van der Waals surface area contributed by atoms with Gasteiger partial charge in [-0.15, -0.1) is 0 Å². The Morgan fingerprint density at radius 3 is 2.36 bits per heavy atom. The Hall–Kier alpha value is -2.35. The van der Waals surface area contributed by atoms with Gasteiger partial charge in [0.05, 0.1) is 12.5 Å². The Labute approximate surface area is 160 Å². The molecule has 1 aliphatic rings. The number of thiocarbonyl (C=S) groups is 1. The largest absolute Gasteiger partial charge is 0.477 e. The van der Waals surface area contributed by atoms with Crippen molar-refractivity contribution in [3.8, 4) is 11.8 Å². The number of benzene rings is 1. The molecule has 1 aromatic carbocycles. The zero-order valence-corrected chi connectivity index (χ0v) is 14.9. The lowest BCUT2D eigenvalue weighted by Crippen LogP contribution is -2.43. The smallest absolute Gasteiger partial charge is 0.458 e. The van der Waals surface area contributed by atoms with Crippen LogP contribution in [-0.2, 0) is 5.92 Å². The van der Waals surface area contributed by atoms with Gasteiger partial charge in [0.2, 0.25) is 0 Å². The number of hydrogen-bond acceptors (Lipinski definition) is 3. The predicted octanol–water partition coefficient (Wildman–Crippen LogP) is 4.62. The summed E-state index contributed by atoms with van der Waals surface area (Å²) in [5, 5.41) is 11.2. The lowest BCUT2D eigenvalue weighted by atomic mass is 9.91. The van der Waals surface area contributed by atoms with E-state index in [0.717, 1.165) is 12.1 Å². The van der Waals surface area contributed by atoms with Gasteiger partial charge in [0.15, 0.2) is 5.60 Å². The molecule has 2 rings (SSSR count). The van der Waals surface area contributed by atoms with Crippen LogP contribution in [0.2, 0.25) is 0 Å². The highest BCUT2D eigenvalue weighted by molar-refractivity contribution is 7.81. The first-order valence-electron chi connectivity index (χ1n) is 7.80. The standard InChI is InChI=1S/C17H13F7N2OS/c18-8-15(9-19)7-12(14(28)26-5-1-4-25)11-6-10(2-3-13(11)27-15)16(20,21)17(22,23)24/h2-3,6-7H,1,5,8-9H2,(H,26,28). The minimum absolute atomic E-state index is 0.0142. The first kappa shape index (κ1) is 21.9. The summed E-state index contributed by atoms with van der Waals surface area (Å²) >= 11 is 5.07. The summed E-state index contributed by atoms with van der Waals surface area (Å²) in [4.78, 5) is -0.168. The van der Waals surface area contributed by atoms with Crippen molar-refractivity contribution < 1.29 is 35.5 Å². The molecule has 11 heteroatoms. The minimum Gasteiger partial charge on any atom is -0.477 e. The summed E-state index contributed by atoms with van der Waals surface area (Å²) in [6.07, 6.45) is -4.92. The molecule has 0 saturated heterocycles. The van der Waals surface area contributed by atoms with Crippen LogP contribution in [0.1, 0.15) is 17.5 Å². The van der Waals surface area contributed by atoms with Gasteiger partial charge >= 0.3 is 12.1 Å². The summed E-state index contributed by atoms with van der Waals surface area (Å²) in [5.74, 6) is -5.45. The van der Waals surface area contributed by atoms with Gasteiger partial charge in [-0.2, -0.15) is 27.2 Å². The molecule has 1 heterocycles. The van der Waals surface area contributed by atoms with Crippen LogP contribution in [0.15, 0.2) is 24.3 Å². The maximum Gasteiger partial charge on any atom is 0.458 e. The Kier molecular flexibility index (Phi) is 6.23. The number of fused-ring (bicyclic) bond motifs is 1. The topological polar surface area (TPSA) is 45.0 Å². The van der Waals surface area contributed by atoms with Gasteiger partial charge in [-0.1, -0.05) is 12.2 Å². The van der Waals surface area contributed by atoms with Crippen LogP contribution in [0.5, 0.6) is 5.75 Å². The number of alkyl halides is 7. The molecule has 0 bridgehead atoms. The highest BCUT2D eigenvalue weighted by atomic mass is 32.1. The molecule has 152 valence electrons. The highest BCUT2D eigenvalue weighted by Crippen LogP contribution is 2.46. The van der Waals surface area contributed by atoms with Crippen LogP contribution >= 0.6 is 12.2 Å². The van der Waals surface area contributed by atoms with Crippen molar-refractivity contribution in [3.63, 3.8) is 0 Å². The molecule has 0 spiro atoms. The van der Waals surface area contributed by atoms with E-state index in [4.69, 9.17) is 22.2 Å². The fourth-order valence-electron chi connectivity index (χ4n) is 2.46. The Morgan fingerprint density at radius 1 is 1.18 bits per heavy atom. The SMILES string of the molecule is N#CCCNC(=S)C1=CC(CF)(CF)Oc2ccc(C(F)(F)C(F)(F)F)cc21. The zero-order chi connectivity index (χ0) is 21.2. The van der Waals surface area contributed by atoms with E-state index in [9.17, 15) is 30.7 Å². The van der Waals surface area contributed by atoms with Crippen LogP contribution in [0.25, 0.3) is 5.57 Å². The second kappa shape index (κ2) is 7.95. The summed E-state index contributed by atoms with van der Waals surface area (Å²) in [5.41, 5.74) is -3.89. The van der Waals surface area contributed by atoms with E-state index in [1.807, 2.05) is 6.07 Å². The monoisotopic (exact) mass is 426 g/mol. The maximum atomic E-state index is 13.7. The third-order valence-corrected chi connectivity index (χ3v) is 4.29. The van der Waals surface area contributed by atoms with Crippen LogP contribution in [0, 0.1) is 11.3 Å². The van der Waals surface area contributed by atoms with Gasteiger partial charge in [0, 0.05) is 23.2 Å². The molecule has 0 saturated carbocycles. The van der Waals surface area contributed by atoms with Crippen LogP contribution in [0.4, 0.5) is 30.7 Å². The first-order valence-corrected chi connectivity index (χ1v) is 8.20. The quantitative estimate of drug-likeness (QED) is 0.410. The van der Waals surface area contributed by atoms with Gasteiger partial charge in [-0.3, -0.25) is 0 Å². The number of halogens is 7. The van der Waals surface area contributed by atoms with Crippen molar-refractivity contribution in [3.05, 3.63) is 35.4 Å². The normalized spacial score (nSPS) is 15.7. The summed E-state index contributed by atoms with van der Waals surface area (Å²) < 4.78 is 97.5. The van der Waals surface area contributed by atoms with Gasteiger partial charge in [-0.05, 0) is 24.3 Å². The molecule has 0 unspecified atom stereocenters. The molecule has 28 heavy (non-hydrogen) atoms. The Balaban J connectivity index is 2.56. The maximum absolute atomic E-state index is 13.7. The Morgan fingerprint density at radius 2 is 1.82 bits per heavy atom. The van der Waals surface area contributed by atoms with Crippen LogP contribution < -0.4 is 10.1 Å². The molecular formula is C17H13F7N2OS. The number of nitrogens with zero attached hydrogens (tertiary/aromatic N) is 1. The summed E-state index contributed by atoms with van der Waals surface area (Å²) in [6.45, 7) is -2.61. The minimum atomic E-state index is -5.84. The van der Waals surface area contributed by atoms with Crippen molar-refractivity contribution in [2.24, 2.45) is 0 Å². The number of nitrogens with one attached hydrogen (secondary N) is 1. The van der Waals surface area contributed by atoms with E-state index in [1.165, 1.54) is 0 Å². The summed E-state index contributed by atoms with van der Waals surface area (Å²) in [7, 11) is 0. The molecule has 0 aliphatic carbocycles. The van der Waals surface area contributed by atoms with E-state index in [-0.39, 0.29) is 34.8 Å². The van der Waals surface area contributed by atoms with Crippen molar-refractivity contribution in [1.82, 2.24) is 5.32 Å². The van der Waals surface area contributed by atoms with Gasteiger partial charge < -0.3 is 10.1 Å². The number of ether oxygens (including phenoxy) is 1. The highest BCUT2D eigenvalue weighted by Gasteiger charge is 2.59. The number of nitriles is 1. The number of rotatable bonds is 6. The van der Waals surface area contributed by atoms with E-state index in [0.29, 0.717) is 12.1 Å². The molecular weight excluding hydrogens is 413 g/mol. The summed E-state index contributed by atoms with van der Waals surface area (Å²) in [6, 6.07) is 3.60. The van der Waals surface area contributed by atoms with Crippen LogP contribution in [0.3, 0.4) is 0 Å². The molecule has 0 amide bonds. The lowest BCUT2D eigenvalue weighted by Gasteiger charge is -2.33. The molecule has 0 aromatic heterocycles. The van der Waals surface area contributed by atoms with Gasteiger partial charge in [0.25, 0.3) is 0 Å². The molecule has 1 aliphatic heterocycles.